The van der Waals surface area contributed by atoms with E-state index in [-0.39, 0.29) is 42.6 Å². The van der Waals surface area contributed by atoms with Gasteiger partial charge in [-0.05, 0) is 51.5 Å². The second-order valence-electron chi connectivity index (χ2n) is 7.58. The molecule has 31 heavy (non-hydrogen) atoms. The van der Waals surface area contributed by atoms with Crippen molar-refractivity contribution in [2.24, 2.45) is 0 Å². The summed E-state index contributed by atoms with van der Waals surface area (Å²) in [5.74, 6) is -0.200. The van der Waals surface area contributed by atoms with Crippen molar-refractivity contribution in [3.63, 3.8) is 0 Å². The number of hydrogen-bond acceptors (Lipinski definition) is 6. The minimum Gasteiger partial charge on any atom is -0.494 e. The van der Waals surface area contributed by atoms with E-state index in [9.17, 15) is 14.4 Å². The SMILES string of the molecule is CCOc1ccc(N(CC(=O)NC(C)(C)CC)C(=O)CCC(=O)Nc2nccs2)cc1. The number of nitrogens with zero attached hydrogens (tertiary/aromatic N) is 2. The largest absolute Gasteiger partial charge is 0.494 e. The molecule has 0 aliphatic heterocycles. The Bertz CT molecular complexity index is 866. The molecule has 0 aliphatic rings. The fraction of sp³-hybridized carbons (Fsp3) is 0.455. The minimum atomic E-state index is -0.377. The summed E-state index contributed by atoms with van der Waals surface area (Å²) in [6, 6.07) is 6.97. The van der Waals surface area contributed by atoms with Crippen LogP contribution in [-0.2, 0) is 14.4 Å². The van der Waals surface area contributed by atoms with Gasteiger partial charge in [-0.15, -0.1) is 11.3 Å². The van der Waals surface area contributed by atoms with Crippen LogP contribution in [0.4, 0.5) is 10.8 Å². The van der Waals surface area contributed by atoms with Crippen molar-refractivity contribution in [1.29, 1.82) is 0 Å². The van der Waals surface area contributed by atoms with E-state index in [0.717, 1.165) is 6.42 Å². The number of amides is 3. The Morgan fingerprint density at radius 1 is 1.10 bits per heavy atom. The molecule has 0 radical (unpaired) electrons. The van der Waals surface area contributed by atoms with Gasteiger partial charge in [0.1, 0.15) is 12.3 Å². The number of anilines is 2. The summed E-state index contributed by atoms with van der Waals surface area (Å²) in [6.45, 7) is 8.12. The lowest BCUT2D eigenvalue weighted by molar-refractivity contribution is -0.125. The van der Waals surface area contributed by atoms with Gasteiger partial charge in [0.25, 0.3) is 0 Å². The van der Waals surface area contributed by atoms with Crippen molar-refractivity contribution < 1.29 is 19.1 Å². The maximum Gasteiger partial charge on any atom is 0.240 e. The highest BCUT2D eigenvalue weighted by molar-refractivity contribution is 7.13. The molecule has 9 heteroatoms. The van der Waals surface area contributed by atoms with Crippen LogP contribution in [-0.4, -0.2) is 41.4 Å². The smallest absolute Gasteiger partial charge is 0.240 e. The van der Waals surface area contributed by atoms with Crippen LogP contribution in [0.15, 0.2) is 35.8 Å². The zero-order valence-corrected chi connectivity index (χ0v) is 19.3. The molecule has 0 aliphatic carbocycles. The molecule has 2 aromatic rings. The highest BCUT2D eigenvalue weighted by Crippen LogP contribution is 2.21. The van der Waals surface area contributed by atoms with E-state index >= 15 is 0 Å². The van der Waals surface area contributed by atoms with Gasteiger partial charge in [-0.2, -0.15) is 0 Å². The van der Waals surface area contributed by atoms with Crippen LogP contribution in [0.3, 0.4) is 0 Å². The third kappa shape index (κ3) is 8.01. The number of benzene rings is 1. The van der Waals surface area contributed by atoms with Crippen molar-refractivity contribution in [3.05, 3.63) is 35.8 Å². The molecule has 0 spiro atoms. The van der Waals surface area contributed by atoms with Gasteiger partial charge in [0, 0.05) is 35.6 Å². The molecule has 0 fully saturated rings. The Kier molecular flexibility index (Phi) is 8.99. The zero-order valence-electron chi connectivity index (χ0n) is 18.4. The summed E-state index contributed by atoms with van der Waals surface area (Å²) in [5.41, 5.74) is 0.191. The molecular formula is C22H30N4O4S. The Hall–Kier alpha value is -2.94. The van der Waals surface area contributed by atoms with Gasteiger partial charge >= 0.3 is 0 Å². The topological polar surface area (TPSA) is 101 Å². The first-order valence-electron chi connectivity index (χ1n) is 10.3. The summed E-state index contributed by atoms with van der Waals surface area (Å²) in [4.78, 5) is 43.1. The summed E-state index contributed by atoms with van der Waals surface area (Å²) in [5, 5.41) is 7.85. The van der Waals surface area contributed by atoms with E-state index in [1.165, 1.54) is 16.2 Å². The van der Waals surface area contributed by atoms with Crippen LogP contribution >= 0.6 is 11.3 Å². The van der Waals surface area contributed by atoms with Crippen molar-refractivity contribution in [3.8, 4) is 5.75 Å². The lowest BCUT2D eigenvalue weighted by Gasteiger charge is -2.28. The Balaban J connectivity index is 2.08. The normalized spacial score (nSPS) is 11.0. The van der Waals surface area contributed by atoms with Crippen LogP contribution in [0.5, 0.6) is 5.75 Å². The van der Waals surface area contributed by atoms with Gasteiger partial charge in [-0.1, -0.05) is 6.92 Å². The molecule has 0 atom stereocenters. The average molecular weight is 447 g/mol. The first-order chi connectivity index (χ1) is 14.7. The number of aromatic nitrogens is 1. The van der Waals surface area contributed by atoms with E-state index in [1.807, 2.05) is 27.7 Å². The van der Waals surface area contributed by atoms with Crippen molar-refractivity contribution in [2.75, 3.05) is 23.4 Å². The number of hydrogen-bond donors (Lipinski definition) is 2. The van der Waals surface area contributed by atoms with Crippen LogP contribution in [0.25, 0.3) is 0 Å². The third-order valence-electron chi connectivity index (χ3n) is 4.67. The monoisotopic (exact) mass is 446 g/mol. The number of carbonyl (C=O) groups excluding carboxylic acids is 3. The minimum absolute atomic E-state index is 0.00594. The average Bonchev–Trinajstić information content (AvgIpc) is 3.24. The Morgan fingerprint density at radius 3 is 2.39 bits per heavy atom. The summed E-state index contributed by atoms with van der Waals surface area (Å²) in [7, 11) is 0. The van der Waals surface area contributed by atoms with Gasteiger partial charge in [0.05, 0.1) is 6.61 Å². The molecule has 0 bridgehead atoms. The molecule has 2 N–H and O–H groups in total. The van der Waals surface area contributed by atoms with E-state index < -0.39 is 0 Å². The predicted molar refractivity (Wildman–Crippen MR) is 122 cm³/mol. The first-order valence-corrected chi connectivity index (χ1v) is 11.2. The molecule has 1 aromatic carbocycles. The molecule has 0 saturated heterocycles. The number of nitrogens with one attached hydrogen (secondary N) is 2. The summed E-state index contributed by atoms with van der Waals surface area (Å²) >= 11 is 1.31. The van der Waals surface area contributed by atoms with E-state index in [1.54, 1.807) is 35.8 Å². The fourth-order valence-electron chi connectivity index (χ4n) is 2.68. The van der Waals surface area contributed by atoms with Crippen molar-refractivity contribution >= 4 is 39.9 Å². The van der Waals surface area contributed by atoms with E-state index in [0.29, 0.717) is 23.2 Å². The Morgan fingerprint density at radius 2 is 1.81 bits per heavy atom. The van der Waals surface area contributed by atoms with Crippen LogP contribution in [0.2, 0.25) is 0 Å². The lowest BCUT2D eigenvalue weighted by Crippen LogP contribution is -2.48. The van der Waals surface area contributed by atoms with Crippen LogP contribution < -0.4 is 20.3 Å². The first kappa shape index (κ1) is 24.3. The quantitative estimate of drug-likeness (QED) is 0.549. The number of carbonyl (C=O) groups is 3. The van der Waals surface area contributed by atoms with Gasteiger partial charge < -0.3 is 20.3 Å². The maximum atomic E-state index is 13.0. The number of ether oxygens (including phenoxy) is 1. The molecule has 1 aromatic heterocycles. The maximum absolute atomic E-state index is 13.0. The van der Waals surface area contributed by atoms with Crippen molar-refractivity contribution in [1.82, 2.24) is 10.3 Å². The Labute approximate surface area is 187 Å². The van der Waals surface area contributed by atoms with E-state index in [2.05, 4.69) is 15.6 Å². The summed E-state index contributed by atoms with van der Waals surface area (Å²) in [6.07, 6.45) is 2.31. The third-order valence-corrected chi connectivity index (χ3v) is 5.36. The molecule has 0 saturated carbocycles. The van der Waals surface area contributed by atoms with Gasteiger partial charge in [-0.3, -0.25) is 14.4 Å². The highest BCUT2D eigenvalue weighted by Gasteiger charge is 2.24. The van der Waals surface area contributed by atoms with Crippen molar-refractivity contribution in [2.45, 2.75) is 52.5 Å². The molecule has 168 valence electrons. The van der Waals surface area contributed by atoms with Gasteiger partial charge in [0.15, 0.2) is 5.13 Å². The fourth-order valence-corrected chi connectivity index (χ4v) is 3.23. The van der Waals surface area contributed by atoms with Crippen LogP contribution in [0.1, 0.15) is 47.0 Å². The van der Waals surface area contributed by atoms with Crippen LogP contribution in [0, 0.1) is 0 Å². The lowest BCUT2D eigenvalue weighted by atomic mass is 10.0. The molecule has 1 heterocycles. The summed E-state index contributed by atoms with van der Waals surface area (Å²) < 4.78 is 5.45. The number of rotatable bonds is 11. The zero-order chi connectivity index (χ0) is 22.9. The second kappa shape index (κ2) is 11.5. The number of thiazole rings is 1. The molecule has 8 nitrogen and oxygen atoms in total. The van der Waals surface area contributed by atoms with Gasteiger partial charge in [0.2, 0.25) is 17.7 Å². The van der Waals surface area contributed by atoms with Gasteiger partial charge in [-0.25, -0.2) is 4.98 Å². The predicted octanol–water partition coefficient (Wildman–Crippen LogP) is 3.60. The second-order valence-corrected chi connectivity index (χ2v) is 8.47. The molecular weight excluding hydrogens is 416 g/mol. The molecule has 0 unspecified atom stereocenters. The van der Waals surface area contributed by atoms with E-state index in [4.69, 9.17) is 4.74 Å². The molecule has 3 amide bonds. The highest BCUT2D eigenvalue weighted by atomic mass is 32.1. The molecule has 2 rings (SSSR count). The standard InChI is InChI=1S/C22H30N4O4S/c1-5-22(3,4)25-19(28)15-26(16-7-9-17(10-8-16)30-6-2)20(29)12-11-18(27)24-21-23-13-14-31-21/h7-10,13-14H,5-6,11-12,15H2,1-4H3,(H,25,28)(H,23,24,27).